The Balaban J connectivity index is 1.74. The van der Waals surface area contributed by atoms with Crippen molar-refractivity contribution in [1.29, 1.82) is 0 Å². The molecule has 0 saturated heterocycles. The maximum atomic E-state index is 12.5. The highest BCUT2D eigenvalue weighted by Crippen LogP contribution is 2.26. The van der Waals surface area contributed by atoms with Crippen LogP contribution in [0.5, 0.6) is 0 Å². The first-order valence-corrected chi connectivity index (χ1v) is 8.78. The molecule has 1 aromatic carbocycles. The van der Waals surface area contributed by atoms with E-state index in [4.69, 9.17) is 0 Å². The summed E-state index contributed by atoms with van der Waals surface area (Å²) in [6.45, 7) is 4.14. The van der Waals surface area contributed by atoms with Crippen molar-refractivity contribution in [3.05, 3.63) is 40.7 Å². The van der Waals surface area contributed by atoms with Gasteiger partial charge in [0, 0.05) is 36.1 Å². The molecule has 0 unspecified atom stereocenters. The summed E-state index contributed by atoms with van der Waals surface area (Å²) in [4.78, 5) is 24.0. The summed E-state index contributed by atoms with van der Waals surface area (Å²) in [5, 5.41) is 10.3. The Morgan fingerprint density at radius 1 is 1.28 bits per heavy atom. The maximum absolute atomic E-state index is 12.5. The number of nitrogens with zero attached hydrogens (tertiary/aromatic N) is 2. The van der Waals surface area contributed by atoms with Gasteiger partial charge >= 0.3 is 0 Å². The lowest BCUT2D eigenvalue weighted by atomic mass is 10.0. The first kappa shape index (κ1) is 17.2. The van der Waals surface area contributed by atoms with Crippen molar-refractivity contribution in [3.63, 3.8) is 0 Å². The monoisotopic (exact) mass is 340 g/mol. The van der Waals surface area contributed by atoms with Crippen LogP contribution < -0.4 is 10.6 Å². The van der Waals surface area contributed by atoms with Gasteiger partial charge in [-0.3, -0.25) is 14.3 Å². The van der Waals surface area contributed by atoms with Gasteiger partial charge in [-0.05, 0) is 43.0 Å². The van der Waals surface area contributed by atoms with E-state index in [0.29, 0.717) is 19.3 Å². The highest BCUT2D eigenvalue weighted by molar-refractivity contribution is 5.96. The number of hydrogen-bond acceptors (Lipinski definition) is 3. The molecule has 6 heteroatoms. The molecule has 0 radical (unpaired) electrons. The number of carbonyl (C=O) groups excluding carboxylic acids is 2. The van der Waals surface area contributed by atoms with Crippen molar-refractivity contribution in [2.45, 2.75) is 46.0 Å². The van der Waals surface area contributed by atoms with Gasteiger partial charge in [0.25, 0.3) is 0 Å². The molecule has 132 valence electrons. The van der Waals surface area contributed by atoms with Crippen LogP contribution in [0.3, 0.4) is 0 Å². The fourth-order valence-corrected chi connectivity index (χ4v) is 3.42. The largest absolute Gasteiger partial charge is 0.326 e. The third-order valence-corrected chi connectivity index (χ3v) is 4.65. The van der Waals surface area contributed by atoms with Crippen molar-refractivity contribution < 1.29 is 9.59 Å². The summed E-state index contributed by atoms with van der Waals surface area (Å²) in [5.74, 6) is -0.00255. The number of fused-ring (bicyclic) bond motifs is 1. The third kappa shape index (κ3) is 3.57. The van der Waals surface area contributed by atoms with E-state index in [9.17, 15) is 9.59 Å². The molecule has 25 heavy (non-hydrogen) atoms. The van der Waals surface area contributed by atoms with Gasteiger partial charge in [-0.2, -0.15) is 5.10 Å². The standard InChI is InChI=1S/C19H24N4O2/c1-4-15-14(17(5-2)23(3)22-15)11-19(25)20-13-7-8-16-12(10-13)6-9-18(24)21-16/h7-8,10H,4-6,9,11H2,1-3H3,(H,20,25)(H,21,24). The first-order valence-electron chi connectivity index (χ1n) is 8.78. The van der Waals surface area contributed by atoms with Crippen molar-refractivity contribution in [1.82, 2.24) is 9.78 Å². The number of aromatic nitrogens is 2. The van der Waals surface area contributed by atoms with E-state index < -0.39 is 0 Å². The lowest BCUT2D eigenvalue weighted by Gasteiger charge is -2.17. The number of benzene rings is 1. The number of aryl methyl sites for hydroxylation is 3. The van der Waals surface area contributed by atoms with Crippen LogP contribution in [-0.2, 0) is 42.3 Å². The zero-order valence-electron chi connectivity index (χ0n) is 15.0. The van der Waals surface area contributed by atoms with Crippen LogP contribution in [0.25, 0.3) is 0 Å². The summed E-state index contributed by atoms with van der Waals surface area (Å²) < 4.78 is 1.88. The number of rotatable bonds is 5. The van der Waals surface area contributed by atoms with E-state index in [-0.39, 0.29) is 11.8 Å². The number of carbonyl (C=O) groups is 2. The first-order chi connectivity index (χ1) is 12.0. The fourth-order valence-electron chi connectivity index (χ4n) is 3.42. The van der Waals surface area contributed by atoms with Gasteiger partial charge in [-0.1, -0.05) is 13.8 Å². The Bertz CT molecular complexity index is 823. The molecule has 1 aromatic heterocycles. The lowest BCUT2D eigenvalue weighted by molar-refractivity contribution is -0.117. The molecule has 2 amide bonds. The van der Waals surface area contributed by atoms with Crippen LogP contribution in [-0.4, -0.2) is 21.6 Å². The van der Waals surface area contributed by atoms with Gasteiger partial charge in [0.2, 0.25) is 11.8 Å². The lowest BCUT2D eigenvalue weighted by Crippen LogP contribution is -2.20. The van der Waals surface area contributed by atoms with Crippen molar-refractivity contribution in [2.24, 2.45) is 7.05 Å². The molecule has 6 nitrogen and oxygen atoms in total. The van der Waals surface area contributed by atoms with Gasteiger partial charge in [0.1, 0.15) is 0 Å². The maximum Gasteiger partial charge on any atom is 0.228 e. The van der Waals surface area contributed by atoms with Crippen LogP contribution in [0.4, 0.5) is 11.4 Å². The minimum absolute atomic E-state index is 0.0417. The zero-order chi connectivity index (χ0) is 18.0. The molecule has 0 spiro atoms. The van der Waals surface area contributed by atoms with Gasteiger partial charge < -0.3 is 10.6 Å². The second kappa shape index (κ2) is 7.09. The second-order valence-corrected chi connectivity index (χ2v) is 6.35. The Kier molecular flexibility index (Phi) is 4.88. The molecular formula is C19H24N4O2. The van der Waals surface area contributed by atoms with E-state index in [0.717, 1.165) is 46.7 Å². The molecule has 0 aliphatic carbocycles. The zero-order valence-corrected chi connectivity index (χ0v) is 15.0. The van der Waals surface area contributed by atoms with Crippen molar-refractivity contribution >= 4 is 23.2 Å². The quantitative estimate of drug-likeness (QED) is 0.878. The molecule has 2 heterocycles. The molecule has 0 fully saturated rings. The Morgan fingerprint density at radius 2 is 2.08 bits per heavy atom. The molecule has 2 N–H and O–H groups in total. The molecule has 1 aliphatic rings. The summed E-state index contributed by atoms with van der Waals surface area (Å²) in [6.07, 6.45) is 3.18. The average molecular weight is 340 g/mol. The normalized spacial score (nSPS) is 13.3. The van der Waals surface area contributed by atoms with E-state index in [2.05, 4.69) is 29.6 Å². The fraction of sp³-hybridized carbons (Fsp3) is 0.421. The van der Waals surface area contributed by atoms with Crippen LogP contribution >= 0.6 is 0 Å². The highest BCUT2D eigenvalue weighted by Gasteiger charge is 2.18. The van der Waals surface area contributed by atoms with Gasteiger partial charge in [-0.15, -0.1) is 0 Å². The van der Waals surface area contributed by atoms with Crippen LogP contribution in [0.2, 0.25) is 0 Å². The Labute approximate surface area is 147 Å². The number of anilines is 2. The SMILES string of the molecule is CCc1nn(C)c(CC)c1CC(=O)Nc1ccc2c(c1)CCC(=O)N2. The smallest absolute Gasteiger partial charge is 0.228 e. The predicted octanol–water partition coefficient (Wildman–Crippen LogP) is 2.61. The van der Waals surface area contributed by atoms with Gasteiger partial charge in [0.05, 0.1) is 12.1 Å². The molecule has 2 aromatic rings. The molecular weight excluding hydrogens is 316 g/mol. The molecule has 0 saturated carbocycles. The molecule has 1 aliphatic heterocycles. The van der Waals surface area contributed by atoms with Crippen molar-refractivity contribution in [2.75, 3.05) is 10.6 Å². The topological polar surface area (TPSA) is 76.0 Å². The number of amides is 2. The number of hydrogen-bond donors (Lipinski definition) is 2. The van der Waals surface area contributed by atoms with Gasteiger partial charge in [0.15, 0.2) is 0 Å². The van der Waals surface area contributed by atoms with Crippen LogP contribution in [0, 0.1) is 0 Å². The van der Waals surface area contributed by atoms with E-state index in [1.54, 1.807) is 0 Å². The minimum atomic E-state index is -0.0443. The minimum Gasteiger partial charge on any atom is -0.326 e. The Hall–Kier alpha value is -2.63. The van der Waals surface area contributed by atoms with Crippen LogP contribution in [0.15, 0.2) is 18.2 Å². The summed E-state index contributed by atoms with van der Waals surface area (Å²) in [7, 11) is 1.93. The predicted molar refractivity (Wildman–Crippen MR) is 97.7 cm³/mol. The van der Waals surface area contributed by atoms with E-state index in [1.165, 1.54) is 0 Å². The highest BCUT2D eigenvalue weighted by atomic mass is 16.2. The number of nitrogens with one attached hydrogen (secondary N) is 2. The third-order valence-electron chi connectivity index (χ3n) is 4.65. The summed E-state index contributed by atoms with van der Waals surface area (Å²) >= 11 is 0. The van der Waals surface area contributed by atoms with Crippen LogP contribution in [0.1, 0.15) is 42.8 Å². The van der Waals surface area contributed by atoms with Gasteiger partial charge in [-0.25, -0.2) is 0 Å². The van der Waals surface area contributed by atoms with E-state index >= 15 is 0 Å². The average Bonchev–Trinajstić information content (AvgIpc) is 2.89. The van der Waals surface area contributed by atoms with Crippen molar-refractivity contribution in [3.8, 4) is 0 Å². The van der Waals surface area contributed by atoms with E-state index in [1.807, 2.05) is 29.9 Å². The molecule has 3 rings (SSSR count). The summed E-state index contributed by atoms with van der Waals surface area (Å²) in [5.41, 5.74) is 5.79. The second-order valence-electron chi connectivity index (χ2n) is 6.35. The molecule has 0 bridgehead atoms. The molecule has 0 atom stereocenters. The Morgan fingerprint density at radius 3 is 2.80 bits per heavy atom. The summed E-state index contributed by atoms with van der Waals surface area (Å²) in [6, 6.07) is 5.62.